The predicted molar refractivity (Wildman–Crippen MR) is 136 cm³/mol. The van der Waals surface area contributed by atoms with E-state index < -0.39 is 0 Å². The zero-order chi connectivity index (χ0) is 23.5. The van der Waals surface area contributed by atoms with Crippen molar-refractivity contribution in [1.82, 2.24) is 14.5 Å². The van der Waals surface area contributed by atoms with Crippen molar-refractivity contribution in [1.29, 1.82) is 0 Å². The van der Waals surface area contributed by atoms with Crippen molar-refractivity contribution in [2.45, 2.75) is 26.3 Å². The molecule has 2 aromatic carbocycles. The number of carbonyl (C=O) groups is 2. The molecule has 2 heterocycles. The number of aromatic amines is 1. The molecule has 172 valence electrons. The summed E-state index contributed by atoms with van der Waals surface area (Å²) in [5.74, 6) is 0.143. The summed E-state index contributed by atoms with van der Waals surface area (Å²) in [6.45, 7) is 4.74. The summed E-state index contributed by atoms with van der Waals surface area (Å²) in [6.07, 6.45) is 0.910. The number of hydrogen-bond donors (Lipinski definition) is 1. The number of carbonyl (C=O) groups excluding carboxylic acids is 2. The number of H-pyrrole nitrogens is 1. The Labute approximate surface area is 205 Å². The molecule has 0 radical (unpaired) electrons. The highest BCUT2D eigenvalue weighted by atomic mass is 79.9. The van der Waals surface area contributed by atoms with E-state index in [4.69, 9.17) is 12.2 Å². The fourth-order valence-corrected chi connectivity index (χ4v) is 4.74. The van der Waals surface area contributed by atoms with Gasteiger partial charge in [0.05, 0.1) is 10.9 Å². The van der Waals surface area contributed by atoms with Gasteiger partial charge in [-0.05, 0) is 68.0 Å². The maximum Gasteiger partial charge on any atom is 0.262 e. The Morgan fingerprint density at radius 2 is 1.76 bits per heavy atom. The van der Waals surface area contributed by atoms with Crippen LogP contribution in [-0.4, -0.2) is 52.3 Å². The van der Waals surface area contributed by atoms with Crippen molar-refractivity contribution in [3.05, 3.63) is 67.6 Å². The van der Waals surface area contributed by atoms with Crippen LogP contribution in [0.25, 0.3) is 10.9 Å². The third-order valence-corrected chi connectivity index (χ3v) is 6.80. The lowest BCUT2D eigenvalue weighted by Gasteiger charge is -2.36. The normalized spacial score (nSPS) is 14.0. The average molecular weight is 529 g/mol. The maximum absolute atomic E-state index is 12.8. The van der Waals surface area contributed by atoms with E-state index in [0.29, 0.717) is 53.7 Å². The Bertz CT molecular complexity index is 1310. The number of anilines is 1. The first-order valence-corrected chi connectivity index (χ1v) is 12.1. The lowest BCUT2D eigenvalue weighted by atomic mass is 10.1. The van der Waals surface area contributed by atoms with Gasteiger partial charge in [-0.25, -0.2) is 0 Å². The zero-order valence-corrected chi connectivity index (χ0v) is 20.7. The van der Waals surface area contributed by atoms with E-state index in [0.717, 1.165) is 23.2 Å². The van der Waals surface area contributed by atoms with Crippen LogP contribution in [0.1, 0.15) is 30.1 Å². The molecule has 1 amide bonds. The van der Waals surface area contributed by atoms with Gasteiger partial charge in [0.1, 0.15) is 0 Å². The molecule has 1 aliphatic heterocycles. The molecule has 0 bridgehead atoms. The quantitative estimate of drug-likeness (QED) is 0.384. The van der Waals surface area contributed by atoms with Gasteiger partial charge >= 0.3 is 0 Å². The molecule has 0 saturated carbocycles. The van der Waals surface area contributed by atoms with Crippen molar-refractivity contribution in [2.75, 3.05) is 31.1 Å². The number of nitrogens with zero attached hydrogens (tertiary/aromatic N) is 3. The summed E-state index contributed by atoms with van der Waals surface area (Å²) in [6, 6.07) is 13.0. The number of benzene rings is 2. The van der Waals surface area contributed by atoms with E-state index in [1.165, 1.54) is 4.57 Å². The largest absolute Gasteiger partial charge is 0.368 e. The van der Waals surface area contributed by atoms with Gasteiger partial charge in [0.25, 0.3) is 5.56 Å². The van der Waals surface area contributed by atoms with Gasteiger partial charge in [-0.1, -0.05) is 15.9 Å². The maximum atomic E-state index is 12.8. The average Bonchev–Trinajstić information content (AvgIpc) is 2.82. The minimum Gasteiger partial charge on any atom is -0.368 e. The van der Waals surface area contributed by atoms with Crippen LogP contribution in [0, 0.1) is 4.77 Å². The van der Waals surface area contributed by atoms with Crippen molar-refractivity contribution >= 4 is 56.4 Å². The predicted octanol–water partition coefficient (Wildman–Crippen LogP) is 4.15. The first-order chi connectivity index (χ1) is 15.8. The molecular formula is C24H25BrN4O3S. The molecule has 1 N–H and O–H groups in total. The summed E-state index contributed by atoms with van der Waals surface area (Å²) >= 11 is 8.76. The molecule has 0 atom stereocenters. The highest BCUT2D eigenvalue weighted by Crippen LogP contribution is 2.19. The van der Waals surface area contributed by atoms with Crippen LogP contribution in [0.4, 0.5) is 5.69 Å². The number of piperazine rings is 1. The first kappa shape index (κ1) is 23.4. The van der Waals surface area contributed by atoms with Crippen molar-refractivity contribution in [2.24, 2.45) is 0 Å². The number of rotatable bonds is 6. The summed E-state index contributed by atoms with van der Waals surface area (Å²) in [7, 11) is 0. The first-order valence-electron chi connectivity index (χ1n) is 10.9. The number of hydrogen-bond acceptors (Lipinski definition) is 5. The van der Waals surface area contributed by atoms with Crippen molar-refractivity contribution < 1.29 is 9.59 Å². The monoisotopic (exact) mass is 528 g/mol. The van der Waals surface area contributed by atoms with Gasteiger partial charge in [0, 0.05) is 54.9 Å². The second-order valence-corrected chi connectivity index (χ2v) is 9.45. The van der Waals surface area contributed by atoms with Gasteiger partial charge in [0.2, 0.25) is 5.91 Å². The van der Waals surface area contributed by atoms with Crippen LogP contribution < -0.4 is 10.5 Å². The van der Waals surface area contributed by atoms with Gasteiger partial charge in [-0.3, -0.25) is 19.0 Å². The Hall–Kier alpha value is -2.78. The third-order valence-electron chi connectivity index (χ3n) is 5.99. The minimum absolute atomic E-state index is 0.0526. The Kier molecular flexibility index (Phi) is 7.09. The van der Waals surface area contributed by atoms with Gasteiger partial charge in [0.15, 0.2) is 10.6 Å². The lowest BCUT2D eigenvalue weighted by Crippen LogP contribution is -2.48. The number of Topliss-reactive ketones (excluding diaryl/α,β-unsaturated/α-hetero) is 1. The van der Waals surface area contributed by atoms with E-state index in [1.807, 2.05) is 41.3 Å². The number of amides is 1. The van der Waals surface area contributed by atoms with E-state index in [9.17, 15) is 14.4 Å². The summed E-state index contributed by atoms with van der Waals surface area (Å²) in [5, 5.41) is 0.566. The highest BCUT2D eigenvalue weighted by Gasteiger charge is 2.21. The molecule has 1 fully saturated rings. The van der Waals surface area contributed by atoms with Crippen LogP contribution in [0.5, 0.6) is 0 Å². The summed E-state index contributed by atoms with van der Waals surface area (Å²) in [5.41, 5.74) is 2.32. The summed E-state index contributed by atoms with van der Waals surface area (Å²) in [4.78, 5) is 44.2. The molecule has 1 aliphatic rings. The molecule has 7 nitrogen and oxygen atoms in total. The fourth-order valence-electron chi connectivity index (χ4n) is 4.09. The number of aromatic nitrogens is 2. The van der Waals surface area contributed by atoms with Crippen molar-refractivity contribution in [3.8, 4) is 0 Å². The van der Waals surface area contributed by atoms with E-state index in [2.05, 4.69) is 25.8 Å². The van der Waals surface area contributed by atoms with Crippen LogP contribution in [0.2, 0.25) is 0 Å². The van der Waals surface area contributed by atoms with E-state index in [1.54, 1.807) is 13.0 Å². The number of nitrogens with one attached hydrogen (secondary N) is 1. The van der Waals surface area contributed by atoms with Crippen LogP contribution in [0.3, 0.4) is 0 Å². The Morgan fingerprint density at radius 3 is 2.42 bits per heavy atom. The second kappa shape index (κ2) is 10.0. The number of fused-ring (bicyclic) bond motifs is 1. The van der Waals surface area contributed by atoms with Crippen LogP contribution in [-0.2, 0) is 11.3 Å². The number of halogens is 1. The molecule has 1 saturated heterocycles. The molecule has 0 spiro atoms. The van der Waals surface area contributed by atoms with Crippen LogP contribution >= 0.6 is 28.1 Å². The lowest BCUT2D eigenvalue weighted by molar-refractivity contribution is -0.131. The molecule has 33 heavy (non-hydrogen) atoms. The van der Waals surface area contributed by atoms with Crippen LogP contribution in [0.15, 0.2) is 51.7 Å². The highest BCUT2D eigenvalue weighted by molar-refractivity contribution is 9.10. The Balaban J connectivity index is 1.32. The van der Waals surface area contributed by atoms with E-state index in [-0.39, 0.29) is 17.2 Å². The molecule has 0 aliphatic carbocycles. The molecular weight excluding hydrogens is 504 g/mol. The standard InChI is InChI=1S/C24H25BrN4O3S/c1-16(30)17-4-7-19(8-5-17)27-11-13-28(14-12-27)22(31)3-2-10-29-23(32)20-15-18(25)6-9-21(20)26-24(29)33/h4-9,15H,2-3,10-14H2,1H3,(H,26,33). The topological polar surface area (TPSA) is 78.4 Å². The van der Waals surface area contributed by atoms with Crippen molar-refractivity contribution in [3.63, 3.8) is 0 Å². The molecule has 0 unspecified atom stereocenters. The molecule has 3 aromatic rings. The minimum atomic E-state index is -0.146. The van der Waals surface area contributed by atoms with Gasteiger partial charge in [-0.15, -0.1) is 0 Å². The van der Waals surface area contributed by atoms with Gasteiger partial charge in [-0.2, -0.15) is 0 Å². The number of ketones is 1. The van der Waals surface area contributed by atoms with Gasteiger partial charge < -0.3 is 14.8 Å². The SMILES string of the molecule is CC(=O)c1ccc(N2CCN(C(=O)CCCn3c(=S)[nH]c4ccc(Br)cc4c3=O)CC2)cc1. The fraction of sp³-hybridized carbons (Fsp3) is 0.333. The third kappa shape index (κ3) is 5.25. The molecule has 9 heteroatoms. The Morgan fingerprint density at radius 1 is 1.06 bits per heavy atom. The second-order valence-electron chi connectivity index (χ2n) is 8.15. The summed E-state index contributed by atoms with van der Waals surface area (Å²) < 4.78 is 2.72. The molecule has 1 aromatic heterocycles. The smallest absolute Gasteiger partial charge is 0.262 e. The van der Waals surface area contributed by atoms with E-state index >= 15 is 0 Å². The zero-order valence-electron chi connectivity index (χ0n) is 18.3. The molecule has 4 rings (SSSR count).